The number of ether oxygens (including phenoxy) is 1. The first-order valence-corrected chi connectivity index (χ1v) is 10.6. The highest BCUT2D eigenvalue weighted by Gasteiger charge is 2.24. The quantitative estimate of drug-likeness (QED) is 0.404. The van der Waals surface area contributed by atoms with Crippen molar-refractivity contribution in [2.75, 3.05) is 7.11 Å². The second kappa shape index (κ2) is 7.50. The van der Waals surface area contributed by atoms with Crippen molar-refractivity contribution in [3.8, 4) is 5.75 Å². The van der Waals surface area contributed by atoms with Crippen LogP contribution >= 0.6 is 11.8 Å². The van der Waals surface area contributed by atoms with E-state index in [1.807, 2.05) is 35.8 Å². The van der Waals surface area contributed by atoms with Crippen LogP contribution in [0.1, 0.15) is 27.9 Å². The number of aromatic nitrogens is 5. The minimum atomic E-state index is -0.0887. The van der Waals surface area contributed by atoms with E-state index in [2.05, 4.69) is 47.2 Å². The molecule has 0 saturated carbocycles. The van der Waals surface area contributed by atoms with E-state index in [1.54, 1.807) is 25.1 Å². The largest absolute Gasteiger partial charge is 0.497 e. The first kappa shape index (κ1) is 18.7. The van der Waals surface area contributed by atoms with Gasteiger partial charge in [0.05, 0.1) is 29.1 Å². The molecule has 5 aromatic rings. The standard InChI is InChI=1S/C23H21N5OS/c1-14-4-6-16(7-5-14)21(30-23-24-10-11-25-23)22-26-19-13-17(29-3)8-9-18(19)20-12-15(2)27-28(20)22/h4-13,21H,1-3H3,(H,24,25). The molecule has 150 valence electrons. The Hall–Kier alpha value is -3.32. The molecular formula is C23H21N5OS. The fourth-order valence-corrected chi connectivity index (χ4v) is 4.62. The summed E-state index contributed by atoms with van der Waals surface area (Å²) in [4.78, 5) is 12.7. The van der Waals surface area contributed by atoms with Gasteiger partial charge in [-0.2, -0.15) is 5.10 Å². The summed E-state index contributed by atoms with van der Waals surface area (Å²) in [6.45, 7) is 4.10. The van der Waals surface area contributed by atoms with Gasteiger partial charge in [0.1, 0.15) is 11.6 Å². The Morgan fingerprint density at radius 3 is 2.63 bits per heavy atom. The summed E-state index contributed by atoms with van der Waals surface area (Å²) in [5, 5.41) is 6.57. The maximum absolute atomic E-state index is 5.44. The number of H-pyrrole nitrogens is 1. The highest BCUT2D eigenvalue weighted by Crippen LogP contribution is 2.39. The molecule has 1 N–H and O–H groups in total. The lowest BCUT2D eigenvalue weighted by Gasteiger charge is -2.18. The molecule has 1 atom stereocenters. The SMILES string of the molecule is COc1ccc2c(c1)nc(C(Sc1ncc[nH]1)c1ccc(C)cc1)n1nc(C)cc21. The van der Waals surface area contributed by atoms with Gasteiger partial charge in [-0.1, -0.05) is 41.6 Å². The van der Waals surface area contributed by atoms with E-state index >= 15 is 0 Å². The molecule has 0 aliphatic heterocycles. The van der Waals surface area contributed by atoms with Crippen LogP contribution < -0.4 is 4.74 Å². The molecular weight excluding hydrogens is 394 g/mol. The van der Waals surface area contributed by atoms with Gasteiger partial charge in [0.15, 0.2) is 5.16 Å². The number of hydrogen-bond donors (Lipinski definition) is 1. The molecule has 0 saturated heterocycles. The molecule has 3 aromatic heterocycles. The van der Waals surface area contributed by atoms with E-state index in [0.29, 0.717) is 0 Å². The third-order valence-electron chi connectivity index (χ3n) is 5.08. The van der Waals surface area contributed by atoms with Gasteiger partial charge in [-0.05, 0) is 37.6 Å². The van der Waals surface area contributed by atoms with Crippen molar-refractivity contribution >= 4 is 28.2 Å². The number of fused-ring (bicyclic) bond motifs is 3. The normalized spacial score (nSPS) is 12.5. The van der Waals surface area contributed by atoms with E-state index in [0.717, 1.165) is 44.4 Å². The van der Waals surface area contributed by atoms with Crippen LogP contribution in [0.2, 0.25) is 0 Å². The second-order valence-electron chi connectivity index (χ2n) is 7.24. The van der Waals surface area contributed by atoms with Crippen LogP contribution in [0.25, 0.3) is 16.4 Å². The zero-order valence-corrected chi connectivity index (χ0v) is 17.8. The third-order valence-corrected chi connectivity index (χ3v) is 6.25. The molecule has 6 nitrogen and oxygen atoms in total. The van der Waals surface area contributed by atoms with Gasteiger partial charge >= 0.3 is 0 Å². The molecule has 0 amide bonds. The maximum atomic E-state index is 5.44. The number of nitrogens with one attached hydrogen (secondary N) is 1. The average Bonchev–Trinajstić information content (AvgIpc) is 3.41. The number of thioether (sulfide) groups is 1. The van der Waals surface area contributed by atoms with E-state index in [9.17, 15) is 0 Å². The predicted octanol–water partition coefficient (Wildman–Crippen LogP) is 5.11. The van der Waals surface area contributed by atoms with Crippen molar-refractivity contribution in [3.63, 3.8) is 0 Å². The molecule has 0 fully saturated rings. The fourth-order valence-electron chi connectivity index (χ4n) is 3.59. The summed E-state index contributed by atoms with van der Waals surface area (Å²) in [7, 11) is 1.67. The molecule has 0 spiro atoms. The molecule has 30 heavy (non-hydrogen) atoms. The van der Waals surface area contributed by atoms with Gasteiger partial charge in [-0.25, -0.2) is 14.5 Å². The number of nitrogens with zero attached hydrogens (tertiary/aromatic N) is 4. The molecule has 5 rings (SSSR count). The first-order valence-electron chi connectivity index (χ1n) is 9.69. The lowest BCUT2D eigenvalue weighted by molar-refractivity contribution is 0.415. The Morgan fingerprint density at radius 1 is 1.07 bits per heavy atom. The number of rotatable bonds is 5. The van der Waals surface area contributed by atoms with Gasteiger partial charge in [0, 0.05) is 23.8 Å². The van der Waals surface area contributed by atoms with E-state index in [4.69, 9.17) is 14.8 Å². The van der Waals surface area contributed by atoms with Gasteiger partial charge < -0.3 is 9.72 Å². The van der Waals surface area contributed by atoms with Crippen molar-refractivity contribution in [2.45, 2.75) is 24.3 Å². The fraction of sp³-hybridized carbons (Fsp3) is 0.174. The van der Waals surface area contributed by atoms with E-state index < -0.39 is 0 Å². The first-order chi connectivity index (χ1) is 14.6. The van der Waals surface area contributed by atoms with Gasteiger partial charge in [-0.3, -0.25) is 0 Å². The van der Waals surface area contributed by atoms with Crippen LogP contribution in [0.3, 0.4) is 0 Å². The molecule has 0 radical (unpaired) electrons. The average molecular weight is 416 g/mol. The Balaban J connectivity index is 1.77. The maximum Gasteiger partial charge on any atom is 0.166 e. The van der Waals surface area contributed by atoms with Crippen molar-refractivity contribution in [3.05, 3.63) is 83.6 Å². The summed E-state index contributed by atoms with van der Waals surface area (Å²) in [6, 6.07) is 16.6. The molecule has 2 aromatic carbocycles. The number of aryl methyl sites for hydroxylation is 2. The summed E-state index contributed by atoms with van der Waals surface area (Å²) >= 11 is 1.63. The van der Waals surface area contributed by atoms with E-state index in [1.165, 1.54) is 5.56 Å². The number of hydrogen-bond acceptors (Lipinski definition) is 5. The molecule has 1 unspecified atom stereocenters. The Bertz CT molecular complexity index is 1330. The van der Waals surface area contributed by atoms with Crippen LogP contribution in [0.4, 0.5) is 0 Å². The number of imidazole rings is 1. The number of benzene rings is 2. The predicted molar refractivity (Wildman–Crippen MR) is 119 cm³/mol. The molecule has 7 heteroatoms. The smallest absolute Gasteiger partial charge is 0.166 e. The summed E-state index contributed by atoms with van der Waals surface area (Å²) in [6.07, 6.45) is 3.60. The van der Waals surface area contributed by atoms with Crippen LogP contribution in [-0.4, -0.2) is 31.7 Å². The van der Waals surface area contributed by atoms with Crippen molar-refractivity contribution in [1.29, 1.82) is 0 Å². The lowest BCUT2D eigenvalue weighted by Crippen LogP contribution is -2.09. The molecule has 0 aliphatic carbocycles. The number of methoxy groups -OCH3 is 1. The van der Waals surface area contributed by atoms with Gasteiger partial charge in [0.25, 0.3) is 0 Å². The van der Waals surface area contributed by atoms with Crippen molar-refractivity contribution in [2.24, 2.45) is 0 Å². The Morgan fingerprint density at radius 2 is 1.90 bits per heavy atom. The van der Waals surface area contributed by atoms with Crippen LogP contribution in [0, 0.1) is 13.8 Å². The molecule has 3 heterocycles. The highest BCUT2D eigenvalue weighted by atomic mass is 32.2. The van der Waals surface area contributed by atoms with Crippen LogP contribution in [0.5, 0.6) is 5.75 Å². The minimum Gasteiger partial charge on any atom is -0.497 e. The Kier molecular flexibility index (Phi) is 4.67. The van der Waals surface area contributed by atoms with Crippen molar-refractivity contribution in [1.82, 2.24) is 24.6 Å². The summed E-state index contributed by atoms with van der Waals surface area (Å²) in [5.74, 6) is 1.64. The summed E-state index contributed by atoms with van der Waals surface area (Å²) in [5.41, 5.74) is 5.23. The molecule has 0 aliphatic rings. The van der Waals surface area contributed by atoms with Crippen molar-refractivity contribution < 1.29 is 4.74 Å². The van der Waals surface area contributed by atoms with Gasteiger partial charge in [-0.15, -0.1) is 0 Å². The Labute approximate surface area is 178 Å². The summed E-state index contributed by atoms with van der Waals surface area (Å²) < 4.78 is 7.40. The van der Waals surface area contributed by atoms with Crippen LogP contribution in [-0.2, 0) is 0 Å². The second-order valence-corrected chi connectivity index (χ2v) is 8.33. The zero-order valence-electron chi connectivity index (χ0n) is 17.0. The monoisotopic (exact) mass is 415 g/mol. The van der Waals surface area contributed by atoms with Crippen LogP contribution in [0.15, 0.2) is 66.1 Å². The molecule has 0 bridgehead atoms. The van der Waals surface area contributed by atoms with Gasteiger partial charge in [0.2, 0.25) is 0 Å². The lowest BCUT2D eigenvalue weighted by atomic mass is 10.1. The van der Waals surface area contributed by atoms with E-state index in [-0.39, 0.29) is 5.25 Å². The third kappa shape index (κ3) is 3.31. The zero-order chi connectivity index (χ0) is 20.7. The minimum absolute atomic E-state index is 0.0887. The highest BCUT2D eigenvalue weighted by molar-refractivity contribution is 7.99. The number of aromatic amines is 1. The topological polar surface area (TPSA) is 68.1 Å².